The monoisotopic (exact) mass is 742 g/mol. The van der Waals surface area contributed by atoms with E-state index in [1.54, 1.807) is 42.5 Å². The fourth-order valence-electron chi connectivity index (χ4n) is 5.24. The Morgan fingerprint density at radius 2 is 1.50 bits per heavy atom. The lowest BCUT2D eigenvalue weighted by molar-refractivity contribution is -0.121. The highest BCUT2D eigenvalue weighted by Crippen LogP contribution is 2.38. The zero-order chi connectivity index (χ0) is 32.4. The number of amides is 4. The lowest BCUT2D eigenvalue weighted by Gasteiger charge is -2.34. The van der Waals surface area contributed by atoms with Gasteiger partial charge in [-0.3, -0.25) is 9.59 Å². The summed E-state index contributed by atoms with van der Waals surface area (Å²) in [5.41, 5.74) is 3.02. The second-order valence-electron chi connectivity index (χ2n) is 10.6. The average molecular weight is 743 g/mol. The molecule has 0 N–H and O–H groups in total. The molecule has 1 aliphatic rings. The summed E-state index contributed by atoms with van der Waals surface area (Å²) in [5.74, 6) is -0.435. The smallest absolute Gasteiger partial charge is 0.343 e. The lowest BCUT2D eigenvalue weighted by Crippen LogP contribution is -2.57. The molecule has 7 nitrogen and oxygen atoms in total. The number of hydrogen-bond donors (Lipinski definition) is 0. The third kappa shape index (κ3) is 6.23. The van der Waals surface area contributed by atoms with Crippen LogP contribution in [0.5, 0.6) is 11.5 Å². The highest BCUT2D eigenvalue weighted by atomic mass is 127. The molecule has 6 rings (SSSR count). The maximum absolute atomic E-state index is 14.2. The van der Waals surface area contributed by atoms with Crippen molar-refractivity contribution in [2.75, 3.05) is 16.4 Å². The second kappa shape index (κ2) is 13.4. The Hall–Kier alpha value is -4.67. The Bertz CT molecular complexity index is 2000. The molecule has 1 aliphatic heterocycles. The van der Waals surface area contributed by atoms with Crippen molar-refractivity contribution in [2.45, 2.75) is 20.5 Å². The first kappa shape index (κ1) is 31.3. The second-order valence-corrected chi connectivity index (χ2v) is 12.2. The number of carbonyl (C=O) groups excluding carboxylic acids is 3. The number of imide groups is 2. The first-order chi connectivity index (χ1) is 22.2. The van der Waals surface area contributed by atoms with E-state index >= 15 is 0 Å². The molecule has 0 unspecified atom stereocenters. The van der Waals surface area contributed by atoms with Crippen LogP contribution < -0.4 is 19.3 Å². The zero-order valence-electron chi connectivity index (χ0n) is 25.0. The minimum absolute atomic E-state index is 0.166. The molecule has 0 saturated carbocycles. The van der Waals surface area contributed by atoms with Crippen LogP contribution in [0.15, 0.2) is 109 Å². The predicted molar refractivity (Wildman–Crippen MR) is 190 cm³/mol. The molecule has 1 fully saturated rings. The van der Waals surface area contributed by atoms with Gasteiger partial charge in [0.05, 0.1) is 21.6 Å². The summed E-state index contributed by atoms with van der Waals surface area (Å²) in [6, 6.07) is 30.1. The number of anilines is 2. The number of rotatable bonds is 8. The van der Waals surface area contributed by atoms with Crippen molar-refractivity contribution < 1.29 is 23.9 Å². The normalized spacial score (nSPS) is 14.3. The number of barbiturate groups is 1. The maximum atomic E-state index is 14.2. The molecule has 5 aromatic rings. The molecule has 4 amide bonds. The molecule has 0 spiro atoms. The summed E-state index contributed by atoms with van der Waals surface area (Å²) < 4.78 is 12.8. The summed E-state index contributed by atoms with van der Waals surface area (Å²) in [4.78, 5) is 44.4. The largest absolute Gasteiger partial charge is 0.490 e. The van der Waals surface area contributed by atoms with Crippen molar-refractivity contribution >= 4 is 80.3 Å². The van der Waals surface area contributed by atoms with Gasteiger partial charge in [-0.15, -0.1) is 0 Å². The number of aryl methyl sites for hydroxylation is 1. The molecule has 230 valence electrons. The Labute approximate surface area is 285 Å². The van der Waals surface area contributed by atoms with Crippen LogP contribution in [-0.4, -0.2) is 24.5 Å². The number of halogens is 2. The van der Waals surface area contributed by atoms with Crippen LogP contribution >= 0.6 is 34.2 Å². The molecular formula is C37H28ClIN2O5. The number of hydrogen-bond acceptors (Lipinski definition) is 5. The fraction of sp³-hybridized carbons (Fsp3) is 0.108. The van der Waals surface area contributed by atoms with E-state index in [2.05, 4.69) is 22.6 Å². The van der Waals surface area contributed by atoms with Crippen LogP contribution in [0, 0.1) is 10.5 Å². The van der Waals surface area contributed by atoms with Crippen LogP contribution in [0.3, 0.4) is 0 Å². The molecule has 0 radical (unpaired) electrons. The molecule has 9 heteroatoms. The van der Waals surface area contributed by atoms with Crippen molar-refractivity contribution in [1.82, 2.24) is 0 Å². The third-order valence-corrected chi connectivity index (χ3v) is 8.54. The van der Waals surface area contributed by atoms with Gasteiger partial charge < -0.3 is 9.47 Å². The van der Waals surface area contributed by atoms with Crippen LogP contribution in [0.2, 0.25) is 5.02 Å². The van der Waals surface area contributed by atoms with E-state index in [0.717, 1.165) is 29.9 Å². The van der Waals surface area contributed by atoms with Crippen molar-refractivity contribution in [3.05, 3.63) is 134 Å². The minimum Gasteiger partial charge on any atom is -0.490 e. The first-order valence-corrected chi connectivity index (χ1v) is 16.0. The standard InChI is InChI=1S/C37H28ClIN2O5/c1-3-45-33-21-25(20-31(39)34(33)46-22-24-13-15-27(38)16-14-24)19-30-35(42)40(28-17-11-23(2)12-18-28)37(44)41(36(30)43)32-10-6-8-26-7-4-5-9-29(26)32/h4-21H,3,22H2,1-2H3/b30-19+. The van der Waals surface area contributed by atoms with Crippen molar-refractivity contribution in [2.24, 2.45) is 0 Å². The highest BCUT2D eigenvalue weighted by molar-refractivity contribution is 14.1. The van der Waals surface area contributed by atoms with Gasteiger partial charge in [0, 0.05) is 10.4 Å². The summed E-state index contributed by atoms with van der Waals surface area (Å²) in [6.45, 7) is 4.44. The summed E-state index contributed by atoms with van der Waals surface area (Å²) in [5, 5.41) is 2.20. The number of benzene rings is 5. The summed E-state index contributed by atoms with van der Waals surface area (Å²) in [6.07, 6.45) is 1.50. The number of ether oxygens (including phenoxy) is 2. The molecule has 0 aliphatic carbocycles. The van der Waals surface area contributed by atoms with Crippen molar-refractivity contribution in [3.63, 3.8) is 0 Å². The Morgan fingerprint density at radius 3 is 2.24 bits per heavy atom. The van der Waals surface area contributed by atoms with Crippen LogP contribution in [-0.2, 0) is 16.2 Å². The predicted octanol–water partition coefficient (Wildman–Crippen LogP) is 8.97. The van der Waals surface area contributed by atoms with Gasteiger partial charge in [0.1, 0.15) is 12.2 Å². The van der Waals surface area contributed by atoms with Gasteiger partial charge in [-0.1, -0.05) is 77.8 Å². The SMILES string of the molecule is CCOc1cc(/C=C2\C(=O)N(c3ccc(C)cc3)C(=O)N(c3cccc4ccccc34)C2=O)cc(I)c1OCc1ccc(Cl)cc1. The Balaban J connectivity index is 1.44. The van der Waals surface area contributed by atoms with Gasteiger partial charge in [-0.05, 0) is 101 Å². The lowest BCUT2D eigenvalue weighted by atomic mass is 10.0. The van der Waals surface area contributed by atoms with E-state index in [-0.39, 0.29) is 12.2 Å². The van der Waals surface area contributed by atoms with Gasteiger partial charge in [0.2, 0.25) is 0 Å². The fourth-order valence-corrected chi connectivity index (χ4v) is 6.15. The molecule has 5 aromatic carbocycles. The van der Waals surface area contributed by atoms with Gasteiger partial charge in [0.15, 0.2) is 11.5 Å². The van der Waals surface area contributed by atoms with E-state index in [9.17, 15) is 14.4 Å². The van der Waals surface area contributed by atoms with Crippen LogP contribution in [0.25, 0.3) is 16.8 Å². The van der Waals surface area contributed by atoms with Gasteiger partial charge in [-0.2, -0.15) is 0 Å². The van der Waals surface area contributed by atoms with Crippen LogP contribution in [0.1, 0.15) is 23.6 Å². The molecule has 0 bridgehead atoms. The van der Waals surface area contributed by atoms with Crippen molar-refractivity contribution in [3.8, 4) is 11.5 Å². The molecule has 0 atom stereocenters. The molecular weight excluding hydrogens is 715 g/mol. The average Bonchev–Trinajstić information content (AvgIpc) is 3.05. The highest BCUT2D eigenvalue weighted by Gasteiger charge is 2.44. The summed E-state index contributed by atoms with van der Waals surface area (Å²) >= 11 is 8.17. The number of fused-ring (bicyclic) bond motifs is 1. The van der Waals surface area contributed by atoms with Gasteiger partial charge in [0.25, 0.3) is 11.8 Å². The minimum atomic E-state index is -0.747. The number of nitrogens with zero attached hydrogens (tertiary/aromatic N) is 2. The van der Waals surface area contributed by atoms with Crippen LogP contribution in [0.4, 0.5) is 16.2 Å². The third-order valence-electron chi connectivity index (χ3n) is 7.49. The van der Waals surface area contributed by atoms with Gasteiger partial charge >= 0.3 is 6.03 Å². The topological polar surface area (TPSA) is 76.2 Å². The summed E-state index contributed by atoms with van der Waals surface area (Å²) in [7, 11) is 0. The molecule has 0 aromatic heterocycles. The Kier molecular flexibility index (Phi) is 9.10. The van der Waals surface area contributed by atoms with E-state index < -0.39 is 17.8 Å². The van der Waals surface area contributed by atoms with Crippen molar-refractivity contribution in [1.29, 1.82) is 0 Å². The Morgan fingerprint density at radius 1 is 0.804 bits per heavy atom. The number of carbonyl (C=O) groups is 3. The van der Waals surface area contributed by atoms with E-state index in [4.69, 9.17) is 21.1 Å². The van der Waals surface area contributed by atoms with Gasteiger partial charge in [-0.25, -0.2) is 14.6 Å². The maximum Gasteiger partial charge on any atom is 0.343 e. The molecule has 46 heavy (non-hydrogen) atoms. The first-order valence-electron chi connectivity index (χ1n) is 14.6. The molecule has 1 heterocycles. The number of urea groups is 1. The quantitative estimate of drug-likeness (QED) is 0.0902. The zero-order valence-corrected chi connectivity index (χ0v) is 27.9. The van der Waals surface area contributed by atoms with E-state index in [1.807, 2.05) is 74.5 Å². The van der Waals surface area contributed by atoms with E-state index in [0.29, 0.717) is 45.5 Å². The van der Waals surface area contributed by atoms with E-state index in [1.165, 1.54) is 6.08 Å². The molecule has 1 saturated heterocycles.